The number of rotatable bonds is 11. The van der Waals surface area contributed by atoms with Crippen LogP contribution in [-0.4, -0.2) is 30.0 Å². The molecule has 0 spiro atoms. The standard InChI is InChI=1S/C24H17ClF3N3O3S2.C17H15N3OS/c1-14-4-2-3-5-18(14)22(32)20-13-29-23(35-20)30-16-7-9-17(10-8-16)31-36(33,34)21-12-15(24(26,27)28)6-11-19(21)25;1-11-4-2-3-5-14(11)16(21)15-10-22-17(20-15)19-13-8-6-12(18)7-9-13/h2-13,31H,1H3,(H,29,30);2-10H,18H2,1H3,(H,19,20). The summed E-state index contributed by atoms with van der Waals surface area (Å²) in [5.74, 6) is -0.198. The lowest BCUT2D eigenvalue weighted by atomic mass is 10.0. The Morgan fingerprint density at radius 3 is 1.90 bits per heavy atom. The molecule has 58 heavy (non-hydrogen) atoms. The van der Waals surface area contributed by atoms with Gasteiger partial charge in [0.1, 0.15) is 10.6 Å². The summed E-state index contributed by atoms with van der Waals surface area (Å²) in [5.41, 5.74) is 10.3. The number of nitrogens with zero attached hydrogens (tertiary/aromatic N) is 2. The molecule has 2 aromatic heterocycles. The SMILES string of the molecule is Cc1ccccc1C(=O)c1cnc(Nc2ccc(NS(=O)(=O)c3cc(C(F)(F)F)ccc3Cl)cc2)s1.Cc1ccccc1C(=O)c1csc(Nc2ccc(N)cc2)n1. The van der Waals surface area contributed by atoms with Crippen LogP contribution in [0.5, 0.6) is 0 Å². The molecule has 5 N–H and O–H groups in total. The molecule has 0 amide bonds. The maximum Gasteiger partial charge on any atom is 0.416 e. The molecule has 5 aromatic carbocycles. The number of nitrogen functional groups attached to an aromatic ring is 1. The number of halogens is 4. The lowest BCUT2D eigenvalue weighted by Gasteiger charge is -2.13. The average molecular weight is 861 g/mol. The second-order valence-corrected chi connectivity index (χ2v) is 16.5. The smallest absolute Gasteiger partial charge is 0.399 e. The maximum absolute atomic E-state index is 13.0. The van der Waals surface area contributed by atoms with Crippen LogP contribution < -0.4 is 21.1 Å². The first kappa shape index (κ1) is 41.6. The maximum atomic E-state index is 13.0. The Hall–Kier alpha value is -6.07. The third-order valence-corrected chi connectivity index (χ3v) is 11.9. The van der Waals surface area contributed by atoms with Crippen molar-refractivity contribution in [2.75, 3.05) is 21.1 Å². The van der Waals surface area contributed by atoms with Crippen LogP contribution >= 0.6 is 34.3 Å². The summed E-state index contributed by atoms with van der Waals surface area (Å²) < 4.78 is 66.6. The van der Waals surface area contributed by atoms with Gasteiger partial charge in [0.15, 0.2) is 10.3 Å². The van der Waals surface area contributed by atoms with Crippen LogP contribution in [0.2, 0.25) is 5.02 Å². The molecule has 7 rings (SSSR count). The van der Waals surface area contributed by atoms with E-state index in [-0.39, 0.29) is 22.3 Å². The van der Waals surface area contributed by atoms with Crippen LogP contribution in [0.15, 0.2) is 132 Å². The second kappa shape index (κ2) is 17.6. The van der Waals surface area contributed by atoms with Crippen molar-refractivity contribution < 1.29 is 31.2 Å². The zero-order chi connectivity index (χ0) is 41.6. The molecule has 0 saturated carbocycles. The van der Waals surface area contributed by atoms with Gasteiger partial charge in [0.25, 0.3) is 10.0 Å². The van der Waals surface area contributed by atoms with Gasteiger partial charge in [0, 0.05) is 39.3 Å². The molecule has 10 nitrogen and oxygen atoms in total. The fourth-order valence-corrected chi connectivity index (χ4v) is 8.42. The van der Waals surface area contributed by atoms with Crippen LogP contribution in [0.3, 0.4) is 0 Å². The van der Waals surface area contributed by atoms with Crippen LogP contribution in [0.25, 0.3) is 0 Å². The van der Waals surface area contributed by atoms with Gasteiger partial charge in [-0.05, 0) is 91.7 Å². The fraction of sp³-hybridized carbons (Fsp3) is 0.0732. The summed E-state index contributed by atoms with van der Waals surface area (Å²) in [5, 5.41) is 8.77. The molecule has 0 bridgehead atoms. The summed E-state index contributed by atoms with van der Waals surface area (Å²) in [6.07, 6.45) is -3.24. The van der Waals surface area contributed by atoms with Gasteiger partial charge in [-0.25, -0.2) is 18.4 Å². The van der Waals surface area contributed by atoms with Crippen molar-refractivity contribution in [2.45, 2.75) is 24.9 Å². The number of nitrogens with one attached hydrogen (secondary N) is 3. The van der Waals surface area contributed by atoms with Gasteiger partial charge in [-0.15, -0.1) is 11.3 Å². The van der Waals surface area contributed by atoms with E-state index in [1.165, 1.54) is 41.0 Å². The highest BCUT2D eigenvalue weighted by Crippen LogP contribution is 2.34. The fourth-order valence-electron chi connectivity index (χ4n) is 5.33. The van der Waals surface area contributed by atoms with E-state index < -0.39 is 26.7 Å². The Kier molecular flexibility index (Phi) is 12.6. The predicted molar refractivity (Wildman–Crippen MR) is 225 cm³/mol. The van der Waals surface area contributed by atoms with E-state index in [0.717, 1.165) is 22.9 Å². The number of hydrogen-bond donors (Lipinski definition) is 4. The molecule has 0 radical (unpaired) electrons. The van der Waals surface area contributed by atoms with Crippen molar-refractivity contribution in [3.8, 4) is 0 Å². The minimum absolute atomic E-state index is 0.0558. The molecule has 0 aliphatic heterocycles. The Morgan fingerprint density at radius 1 is 0.741 bits per heavy atom. The molecule has 0 aliphatic carbocycles. The number of hydrogen-bond acceptors (Lipinski definition) is 11. The number of sulfonamides is 1. The van der Waals surface area contributed by atoms with Gasteiger partial charge in [0.2, 0.25) is 11.6 Å². The number of carbonyl (C=O) groups excluding carboxylic acids is 2. The van der Waals surface area contributed by atoms with Gasteiger partial charge in [-0.2, -0.15) is 13.2 Å². The summed E-state index contributed by atoms with van der Waals surface area (Å²) in [7, 11) is -4.38. The quantitative estimate of drug-likeness (QED) is 0.0734. The third kappa shape index (κ3) is 10.3. The van der Waals surface area contributed by atoms with E-state index in [4.69, 9.17) is 17.3 Å². The molecular weight excluding hydrogens is 829 g/mol. The van der Waals surface area contributed by atoms with E-state index in [1.54, 1.807) is 29.6 Å². The molecule has 17 heteroatoms. The first-order valence-electron chi connectivity index (χ1n) is 17.1. The highest BCUT2D eigenvalue weighted by atomic mass is 35.5. The predicted octanol–water partition coefficient (Wildman–Crippen LogP) is 10.9. The summed E-state index contributed by atoms with van der Waals surface area (Å²) >= 11 is 8.43. The highest BCUT2D eigenvalue weighted by molar-refractivity contribution is 7.92. The van der Waals surface area contributed by atoms with Crippen molar-refractivity contribution in [3.05, 3.63) is 170 Å². The van der Waals surface area contributed by atoms with Gasteiger partial charge in [-0.1, -0.05) is 71.5 Å². The molecule has 296 valence electrons. The molecule has 0 unspecified atom stereocenters. The van der Waals surface area contributed by atoms with Crippen molar-refractivity contribution in [3.63, 3.8) is 0 Å². The Balaban J connectivity index is 0.000000220. The molecular formula is C41H32ClF3N6O4S3. The Bertz CT molecular complexity index is 2700. The second-order valence-electron chi connectivity index (χ2n) is 12.6. The van der Waals surface area contributed by atoms with Crippen molar-refractivity contribution in [1.29, 1.82) is 0 Å². The van der Waals surface area contributed by atoms with Crippen molar-refractivity contribution in [1.82, 2.24) is 9.97 Å². The summed E-state index contributed by atoms with van der Waals surface area (Å²) in [6, 6.07) is 30.2. The monoisotopic (exact) mass is 860 g/mol. The molecule has 7 aromatic rings. The zero-order valence-corrected chi connectivity index (χ0v) is 33.7. The lowest BCUT2D eigenvalue weighted by Crippen LogP contribution is -2.15. The average Bonchev–Trinajstić information content (AvgIpc) is 3.86. The van der Waals surface area contributed by atoms with E-state index in [1.807, 2.05) is 74.5 Å². The Morgan fingerprint density at radius 2 is 1.29 bits per heavy atom. The number of ketones is 2. The molecule has 0 saturated heterocycles. The topological polar surface area (TPSA) is 156 Å². The van der Waals surface area contributed by atoms with Crippen LogP contribution in [0.1, 0.15) is 48.0 Å². The number of anilines is 6. The van der Waals surface area contributed by atoms with Crippen LogP contribution in [0, 0.1) is 13.8 Å². The van der Waals surface area contributed by atoms with E-state index in [9.17, 15) is 31.2 Å². The van der Waals surface area contributed by atoms with E-state index in [0.29, 0.717) is 55.5 Å². The summed E-state index contributed by atoms with van der Waals surface area (Å²) in [6.45, 7) is 3.78. The van der Waals surface area contributed by atoms with Crippen molar-refractivity contribution >= 4 is 88.9 Å². The van der Waals surface area contributed by atoms with Crippen LogP contribution in [-0.2, 0) is 16.2 Å². The minimum Gasteiger partial charge on any atom is -0.399 e. The molecule has 2 heterocycles. The van der Waals surface area contributed by atoms with Crippen LogP contribution in [0.4, 0.5) is 46.2 Å². The Labute approximate surface area is 344 Å². The van der Waals surface area contributed by atoms with E-state index >= 15 is 0 Å². The van der Waals surface area contributed by atoms with Gasteiger partial charge < -0.3 is 16.4 Å². The number of carbonyl (C=O) groups is 2. The number of nitrogens with two attached hydrogens (primary N) is 1. The van der Waals surface area contributed by atoms with Gasteiger partial charge in [0.05, 0.1) is 21.7 Å². The first-order chi connectivity index (χ1) is 27.6. The number of thiazole rings is 2. The van der Waals surface area contributed by atoms with Gasteiger partial charge >= 0.3 is 6.18 Å². The molecule has 0 fully saturated rings. The number of alkyl halides is 3. The lowest BCUT2D eigenvalue weighted by molar-refractivity contribution is -0.137. The summed E-state index contributed by atoms with van der Waals surface area (Å²) in [4.78, 5) is 33.6. The first-order valence-corrected chi connectivity index (χ1v) is 20.6. The molecule has 0 atom stereocenters. The molecule has 0 aliphatic rings. The third-order valence-electron chi connectivity index (χ3n) is 8.34. The largest absolute Gasteiger partial charge is 0.416 e. The number of aromatic nitrogens is 2. The zero-order valence-electron chi connectivity index (χ0n) is 30.5. The van der Waals surface area contributed by atoms with Gasteiger partial charge in [-0.3, -0.25) is 14.3 Å². The van der Waals surface area contributed by atoms with Crippen molar-refractivity contribution in [2.24, 2.45) is 0 Å². The number of benzene rings is 5. The normalized spacial score (nSPS) is 11.3. The van der Waals surface area contributed by atoms with E-state index in [2.05, 4.69) is 25.3 Å². The number of aryl methyl sites for hydroxylation is 2. The minimum atomic E-state index is -4.72. The highest BCUT2D eigenvalue weighted by Gasteiger charge is 2.33.